The Labute approximate surface area is 177 Å². The number of piperazine rings is 1. The Hall–Kier alpha value is -1.80. The minimum atomic E-state index is -3.83. The summed E-state index contributed by atoms with van der Waals surface area (Å²) in [5.74, 6) is 0. The van der Waals surface area contributed by atoms with Crippen LogP contribution in [0, 0.1) is 10.1 Å². The molecule has 0 saturated carbocycles. The van der Waals surface area contributed by atoms with Gasteiger partial charge in [0.15, 0.2) is 0 Å². The molecule has 11 nitrogen and oxygen atoms in total. The molecule has 13 heteroatoms. The molecule has 0 amide bonds. The number of sulfonamides is 2. The summed E-state index contributed by atoms with van der Waals surface area (Å²) in [6.07, 6.45) is 1.66. The SMILES string of the molecule is CN1CCN(S(=O)(=O)c2ccc(N3CCCN(S(C)(=O)=O)CC3)c([N+](=O)[O-])c2)CC1. The summed E-state index contributed by atoms with van der Waals surface area (Å²) < 4.78 is 52.2. The molecular formula is C17H27N5O6S2. The molecule has 0 aliphatic carbocycles. The van der Waals surface area contributed by atoms with E-state index in [2.05, 4.69) is 0 Å². The molecule has 30 heavy (non-hydrogen) atoms. The predicted molar refractivity (Wildman–Crippen MR) is 113 cm³/mol. The van der Waals surface area contributed by atoms with Crippen LogP contribution in [0.2, 0.25) is 0 Å². The second kappa shape index (κ2) is 8.75. The number of hydrogen-bond donors (Lipinski definition) is 0. The summed E-state index contributed by atoms with van der Waals surface area (Å²) in [4.78, 5) is 14.8. The lowest BCUT2D eigenvalue weighted by Gasteiger charge is -2.31. The highest BCUT2D eigenvalue weighted by atomic mass is 32.2. The minimum Gasteiger partial charge on any atom is -0.365 e. The van der Waals surface area contributed by atoms with Gasteiger partial charge in [-0.2, -0.15) is 4.31 Å². The van der Waals surface area contributed by atoms with E-state index in [1.807, 2.05) is 11.9 Å². The fourth-order valence-electron chi connectivity index (χ4n) is 3.72. The zero-order valence-electron chi connectivity index (χ0n) is 17.1. The molecule has 2 saturated heterocycles. The predicted octanol–water partition coefficient (Wildman–Crippen LogP) is 0.00260. The molecule has 0 radical (unpaired) electrons. The van der Waals surface area contributed by atoms with Crippen LogP contribution >= 0.6 is 0 Å². The van der Waals surface area contributed by atoms with E-state index in [4.69, 9.17) is 0 Å². The van der Waals surface area contributed by atoms with Gasteiger partial charge in [-0.3, -0.25) is 10.1 Å². The van der Waals surface area contributed by atoms with Crippen LogP contribution in [-0.4, -0.2) is 101 Å². The highest BCUT2D eigenvalue weighted by molar-refractivity contribution is 7.89. The van der Waals surface area contributed by atoms with Gasteiger partial charge in [0.2, 0.25) is 20.0 Å². The van der Waals surface area contributed by atoms with Crippen LogP contribution in [0.5, 0.6) is 0 Å². The highest BCUT2D eigenvalue weighted by Crippen LogP contribution is 2.32. The summed E-state index contributed by atoms with van der Waals surface area (Å²) in [6.45, 7) is 3.17. The maximum Gasteiger partial charge on any atom is 0.293 e. The van der Waals surface area contributed by atoms with Gasteiger partial charge in [0, 0.05) is 58.4 Å². The Bertz CT molecular complexity index is 1010. The number of nitro groups is 1. The standard InChI is InChI=1S/C17H27N5O6S2/c1-18-8-11-21(12-9-18)30(27,28)15-4-5-16(17(14-15)22(23)24)19-6-3-7-20(13-10-19)29(2,25)26/h4-5,14H,3,6-13H2,1-2H3. The molecule has 0 atom stereocenters. The van der Waals surface area contributed by atoms with Crippen molar-refractivity contribution in [1.29, 1.82) is 0 Å². The van der Waals surface area contributed by atoms with Crippen LogP contribution in [0.25, 0.3) is 0 Å². The molecular weight excluding hydrogens is 434 g/mol. The molecule has 0 unspecified atom stereocenters. The molecule has 2 aliphatic rings. The van der Waals surface area contributed by atoms with Crippen LogP contribution < -0.4 is 4.90 Å². The van der Waals surface area contributed by atoms with E-state index in [-0.39, 0.29) is 17.1 Å². The monoisotopic (exact) mass is 461 g/mol. The van der Waals surface area contributed by atoms with E-state index in [9.17, 15) is 26.9 Å². The average Bonchev–Trinajstić information content (AvgIpc) is 2.94. The first kappa shape index (κ1) is 22.9. The fraction of sp³-hybridized carbons (Fsp3) is 0.647. The number of nitrogens with zero attached hydrogens (tertiary/aromatic N) is 5. The van der Waals surface area contributed by atoms with Crippen molar-refractivity contribution < 1.29 is 21.8 Å². The number of anilines is 1. The zero-order valence-corrected chi connectivity index (χ0v) is 18.7. The Balaban J connectivity index is 1.88. The van der Waals surface area contributed by atoms with Crippen molar-refractivity contribution in [2.24, 2.45) is 0 Å². The van der Waals surface area contributed by atoms with E-state index in [0.29, 0.717) is 57.9 Å². The largest absolute Gasteiger partial charge is 0.365 e. The smallest absolute Gasteiger partial charge is 0.293 e. The molecule has 0 N–H and O–H groups in total. The number of nitro benzene ring substituents is 1. The Morgan fingerprint density at radius 1 is 0.900 bits per heavy atom. The zero-order chi connectivity index (χ0) is 22.1. The van der Waals surface area contributed by atoms with Gasteiger partial charge in [0.25, 0.3) is 5.69 Å². The summed E-state index contributed by atoms with van der Waals surface area (Å²) in [7, 11) is -5.25. The van der Waals surface area contributed by atoms with Gasteiger partial charge in [0.1, 0.15) is 5.69 Å². The minimum absolute atomic E-state index is 0.102. The van der Waals surface area contributed by atoms with Crippen molar-refractivity contribution in [2.75, 3.05) is 70.6 Å². The maximum atomic E-state index is 13.0. The summed E-state index contributed by atoms with van der Waals surface area (Å²) in [5, 5.41) is 11.7. The molecule has 1 aromatic rings. The van der Waals surface area contributed by atoms with Gasteiger partial charge in [-0.05, 0) is 25.6 Å². The van der Waals surface area contributed by atoms with E-state index in [1.165, 1.54) is 20.7 Å². The number of rotatable bonds is 5. The van der Waals surface area contributed by atoms with Gasteiger partial charge in [0.05, 0.1) is 16.1 Å². The van der Waals surface area contributed by atoms with Crippen molar-refractivity contribution >= 4 is 31.4 Å². The first-order valence-electron chi connectivity index (χ1n) is 9.67. The van der Waals surface area contributed by atoms with Crippen molar-refractivity contribution in [2.45, 2.75) is 11.3 Å². The third kappa shape index (κ3) is 4.91. The van der Waals surface area contributed by atoms with Crippen molar-refractivity contribution in [3.05, 3.63) is 28.3 Å². The Morgan fingerprint density at radius 2 is 1.53 bits per heavy atom. The number of hydrogen-bond acceptors (Lipinski definition) is 8. The van der Waals surface area contributed by atoms with Crippen LogP contribution in [0.15, 0.2) is 23.1 Å². The van der Waals surface area contributed by atoms with Crippen LogP contribution in [-0.2, 0) is 20.0 Å². The second-order valence-electron chi connectivity index (χ2n) is 7.62. The molecule has 2 fully saturated rings. The third-order valence-electron chi connectivity index (χ3n) is 5.51. The summed E-state index contributed by atoms with van der Waals surface area (Å²) >= 11 is 0. The van der Waals surface area contributed by atoms with Gasteiger partial charge < -0.3 is 9.80 Å². The normalized spacial score (nSPS) is 20.8. The number of likely N-dealkylation sites (N-methyl/N-ethyl adjacent to an activating group) is 1. The lowest BCUT2D eigenvalue weighted by molar-refractivity contribution is -0.384. The molecule has 3 rings (SSSR count). The maximum absolute atomic E-state index is 13.0. The topological polar surface area (TPSA) is 124 Å². The second-order valence-corrected chi connectivity index (χ2v) is 11.5. The Kier molecular flexibility index (Phi) is 6.67. The summed E-state index contributed by atoms with van der Waals surface area (Å²) in [5.41, 5.74) is 0.00527. The fourth-order valence-corrected chi connectivity index (χ4v) is 6.04. The first-order chi connectivity index (χ1) is 14.0. The van der Waals surface area contributed by atoms with E-state index in [0.717, 1.165) is 12.3 Å². The lowest BCUT2D eigenvalue weighted by Crippen LogP contribution is -2.47. The number of benzene rings is 1. The molecule has 0 aromatic heterocycles. The molecule has 1 aromatic carbocycles. The van der Waals surface area contributed by atoms with Crippen molar-refractivity contribution in [1.82, 2.24) is 13.5 Å². The van der Waals surface area contributed by atoms with Gasteiger partial charge in [-0.15, -0.1) is 0 Å². The van der Waals surface area contributed by atoms with E-state index in [1.54, 1.807) is 4.90 Å². The lowest BCUT2D eigenvalue weighted by atomic mass is 10.2. The quantitative estimate of drug-likeness (QED) is 0.443. The average molecular weight is 462 g/mol. The first-order valence-corrected chi connectivity index (χ1v) is 13.0. The molecule has 2 aliphatic heterocycles. The van der Waals surface area contributed by atoms with Gasteiger partial charge >= 0.3 is 0 Å². The highest BCUT2D eigenvalue weighted by Gasteiger charge is 2.31. The van der Waals surface area contributed by atoms with Crippen LogP contribution in [0.4, 0.5) is 11.4 Å². The van der Waals surface area contributed by atoms with Crippen LogP contribution in [0.3, 0.4) is 0 Å². The van der Waals surface area contributed by atoms with Gasteiger partial charge in [-0.25, -0.2) is 21.1 Å². The molecule has 168 valence electrons. The molecule has 0 spiro atoms. The van der Waals surface area contributed by atoms with Crippen molar-refractivity contribution in [3.8, 4) is 0 Å². The molecule has 0 bridgehead atoms. The van der Waals surface area contributed by atoms with Gasteiger partial charge in [-0.1, -0.05) is 0 Å². The molecule has 2 heterocycles. The van der Waals surface area contributed by atoms with Crippen molar-refractivity contribution in [3.63, 3.8) is 0 Å². The Morgan fingerprint density at radius 3 is 2.13 bits per heavy atom. The van der Waals surface area contributed by atoms with E-state index < -0.39 is 25.0 Å². The third-order valence-corrected chi connectivity index (χ3v) is 8.71. The summed E-state index contributed by atoms with van der Waals surface area (Å²) in [6, 6.07) is 3.97. The van der Waals surface area contributed by atoms with Crippen LogP contribution in [0.1, 0.15) is 6.42 Å². The van der Waals surface area contributed by atoms with E-state index >= 15 is 0 Å².